The fraction of sp³-hybridized carbons (Fsp3) is 0.188. The number of nitrogens with two attached hydrogens (primary N) is 1. The molecule has 0 saturated heterocycles. The Kier molecular flexibility index (Phi) is 4.33. The lowest BCUT2D eigenvalue weighted by Crippen LogP contribution is -2.11. The van der Waals surface area contributed by atoms with Gasteiger partial charge in [-0.15, -0.1) is 0 Å². The molecular weight excluding hydrogens is 262 g/mol. The monoisotopic (exact) mass is 281 g/mol. The summed E-state index contributed by atoms with van der Waals surface area (Å²) in [4.78, 5) is 8.30. The standard InChI is InChI=1S/C16H19N5/c1-5-14(15-10-18-16(17)20-12(15)4)13-7-8-21(19-6-2)11(3)9-13/h5-10H,3H2,1-2,4H3,(H2,17,18,20)/b14-5-,19-6-. The minimum atomic E-state index is 0.285. The fourth-order valence-electron chi connectivity index (χ4n) is 2.17. The first-order valence-electron chi connectivity index (χ1n) is 6.69. The van der Waals surface area contributed by atoms with Gasteiger partial charge in [-0.1, -0.05) is 12.7 Å². The molecule has 1 aliphatic rings. The molecule has 1 aromatic rings. The van der Waals surface area contributed by atoms with Crippen molar-refractivity contribution in [2.75, 3.05) is 5.73 Å². The lowest BCUT2D eigenvalue weighted by atomic mass is 9.95. The van der Waals surface area contributed by atoms with Crippen molar-refractivity contribution in [2.24, 2.45) is 5.10 Å². The Bertz CT molecular complexity index is 680. The fourth-order valence-corrected chi connectivity index (χ4v) is 2.17. The van der Waals surface area contributed by atoms with E-state index in [1.165, 1.54) is 0 Å². The second-order valence-electron chi connectivity index (χ2n) is 4.55. The minimum Gasteiger partial charge on any atom is -0.368 e. The van der Waals surface area contributed by atoms with Gasteiger partial charge >= 0.3 is 0 Å². The van der Waals surface area contributed by atoms with Crippen molar-refractivity contribution in [3.63, 3.8) is 0 Å². The van der Waals surface area contributed by atoms with E-state index < -0.39 is 0 Å². The molecule has 2 heterocycles. The van der Waals surface area contributed by atoms with E-state index >= 15 is 0 Å². The van der Waals surface area contributed by atoms with Crippen molar-refractivity contribution < 1.29 is 0 Å². The van der Waals surface area contributed by atoms with Crippen LogP contribution in [0.5, 0.6) is 0 Å². The third-order valence-electron chi connectivity index (χ3n) is 3.14. The highest BCUT2D eigenvalue weighted by Gasteiger charge is 2.14. The van der Waals surface area contributed by atoms with Gasteiger partial charge in [-0.05, 0) is 44.1 Å². The zero-order valence-electron chi connectivity index (χ0n) is 12.5. The summed E-state index contributed by atoms with van der Waals surface area (Å²) < 4.78 is 0. The van der Waals surface area contributed by atoms with Crippen molar-refractivity contribution in [3.05, 3.63) is 59.7 Å². The maximum Gasteiger partial charge on any atom is 0.220 e. The number of aromatic nitrogens is 2. The van der Waals surface area contributed by atoms with Crippen LogP contribution in [0.4, 0.5) is 5.95 Å². The first-order chi connectivity index (χ1) is 10.1. The summed E-state index contributed by atoms with van der Waals surface area (Å²) in [6, 6.07) is 0. The summed E-state index contributed by atoms with van der Waals surface area (Å²) >= 11 is 0. The molecule has 2 N–H and O–H groups in total. The maximum absolute atomic E-state index is 5.61. The van der Waals surface area contributed by atoms with Crippen molar-refractivity contribution >= 4 is 17.7 Å². The number of rotatable bonds is 3. The largest absolute Gasteiger partial charge is 0.368 e. The van der Waals surface area contributed by atoms with Gasteiger partial charge in [0, 0.05) is 24.2 Å². The average Bonchev–Trinajstić information content (AvgIpc) is 2.45. The molecule has 0 radical (unpaired) electrons. The summed E-state index contributed by atoms with van der Waals surface area (Å²) in [7, 11) is 0. The number of hydrazone groups is 1. The number of nitrogens with zero attached hydrogens (tertiary/aromatic N) is 4. The molecule has 0 unspecified atom stereocenters. The third-order valence-corrected chi connectivity index (χ3v) is 3.14. The van der Waals surface area contributed by atoms with E-state index in [1.54, 1.807) is 17.4 Å². The first kappa shape index (κ1) is 14.7. The highest BCUT2D eigenvalue weighted by Crippen LogP contribution is 2.29. The summed E-state index contributed by atoms with van der Waals surface area (Å²) in [5, 5.41) is 5.93. The van der Waals surface area contributed by atoms with E-state index in [0.29, 0.717) is 0 Å². The predicted octanol–water partition coefficient (Wildman–Crippen LogP) is 3.05. The molecule has 0 fully saturated rings. The average molecular weight is 281 g/mol. The Labute approximate surface area is 124 Å². The van der Waals surface area contributed by atoms with Crippen LogP contribution in [0.2, 0.25) is 0 Å². The highest BCUT2D eigenvalue weighted by molar-refractivity contribution is 5.83. The predicted molar refractivity (Wildman–Crippen MR) is 87.2 cm³/mol. The molecule has 0 amide bonds. The molecule has 0 saturated carbocycles. The number of anilines is 1. The number of allylic oxidation sites excluding steroid dienone is 5. The number of hydrogen-bond acceptors (Lipinski definition) is 5. The Hall–Kier alpha value is -2.69. The number of aryl methyl sites for hydroxylation is 1. The van der Waals surface area contributed by atoms with E-state index in [2.05, 4.69) is 21.6 Å². The van der Waals surface area contributed by atoms with Crippen molar-refractivity contribution in [3.8, 4) is 0 Å². The van der Waals surface area contributed by atoms with Gasteiger partial charge in [0.15, 0.2) is 0 Å². The van der Waals surface area contributed by atoms with Crippen LogP contribution >= 0.6 is 0 Å². The SMILES string of the molecule is C=C1C=C(/C(=C/C)c2cnc(N)nc2C)C=CN1/N=C\C. The molecule has 0 spiro atoms. The van der Waals surface area contributed by atoms with Crippen LogP contribution in [0, 0.1) is 6.92 Å². The minimum absolute atomic E-state index is 0.285. The molecule has 0 aliphatic carbocycles. The molecule has 21 heavy (non-hydrogen) atoms. The van der Waals surface area contributed by atoms with Crippen molar-refractivity contribution in [1.29, 1.82) is 0 Å². The van der Waals surface area contributed by atoms with Crippen LogP contribution < -0.4 is 5.73 Å². The van der Waals surface area contributed by atoms with Crippen molar-refractivity contribution in [1.82, 2.24) is 15.0 Å². The van der Waals surface area contributed by atoms with Crippen LogP contribution in [-0.4, -0.2) is 21.2 Å². The Morgan fingerprint density at radius 3 is 2.76 bits per heavy atom. The molecule has 108 valence electrons. The molecule has 0 bridgehead atoms. The summed E-state index contributed by atoms with van der Waals surface area (Å²) in [6.45, 7) is 9.79. The zero-order chi connectivity index (χ0) is 15.4. The summed E-state index contributed by atoms with van der Waals surface area (Å²) in [6.07, 6.45) is 11.4. The number of hydrogen-bond donors (Lipinski definition) is 1. The molecule has 0 aromatic carbocycles. The Morgan fingerprint density at radius 1 is 1.43 bits per heavy atom. The van der Waals surface area contributed by atoms with Gasteiger partial charge in [0.1, 0.15) is 0 Å². The summed E-state index contributed by atoms with van der Waals surface area (Å²) in [5.74, 6) is 0.285. The van der Waals surface area contributed by atoms with Gasteiger partial charge in [0.2, 0.25) is 5.95 Å². The second kappa shape index (κ2) is 6.17. The molecule has 2 rings (SSSR count). The molecule has 5 nitrogen and oxygen atoms in total. The number of nitrogen functional groups attached to an aromatic ring is 1. The van der Waals surface area contributed by atoms with Gasteiger partial charge in [0.25, 0.3) is 0 Å². The quantitative estimate of drug-likeness (QED) is 0.865. The smallest absolute Gasteiger partial charge is 0.220 e. The van der Waals surface area contributed by atoms with E-state index in [0.717, 1.165) is 28.1 Å². The molecular formula is C16H19N5. The zero-order valence-corrected chi connectivity index (χ0v) is 12.5. The Balaban J connectivity index is 2.38. The lowest BCUT2D eigenvalue weighted by Gasteiger charge is -2.21. The van der Waals surface area contributed by atoms with Gasteiger partial charge in [-0.25, -0.2) is 15.0 Å². The van der Waals surface area contributed by atoms with E-state index in [9.17, 15) is 0 Å². The van der Waals surface area contributed by atoms with E-state index in [-0.39, 0.29) is 5.95 Å². The van der Waals surface area contributed by atoms with Gasteiger partial charge < -0.3 is 5.73 Å². The third kappa shape index (κ3) is 3.08. The highest BCUT2D eigenvalue weighted by atomic mass is 15.4. The van der Waals surface area contributed by atoms with E-state index in [4.69, 9.17) is 5.73 Å². The van der Waals surface area contributed by atoms with Crippen LogP contribution in [0.1, 0.15) is 25.1 Å². The van der Waals surface area contributed by atoms with Crippen LogP contribution in [0.25, 0.3) is 5.57 Å². The molecule has 5 heteroatoms. The van der Waals surface area contributed by atoms with E-state index in [1.807, 2.05) is 45.2 Å². The maximum atomic E-state index is 5.61. The van der Waals surface area contributed by atoms with Crippen molar-refractivity contribution in [2.45, 2.75) is 20.8 Å². The van der Waals surface area contributed by atoms with Gasteiger partial charge in [-0.3, -0.25) is 0 Å². The molecule has 1 aromatic heterocycles. The van der Waals surface area contributed by atoms with Crippen LogP contribution in [-0.2, 0) is 0 Å². The first-order valence-corrected chi connectivity index (χ1v) is 6.69. The topological polar surface area (TPSA) is 67.4 Å². The summed E-state index contributed by atoms with van der Waals surface area (Å²) in [5.41, 5.74) is 10.3. The molecule has 0 atom stereocenters. The Morgan fingerprint density at radius 2 is 2.19 bits per heavy atom. The molecule has 1 aliphatic heterocycles. The van der Waals surface area contributed by atoms with Crippen LogP contribution in [0.3, 0.4) is 0 Å². The van der Waals surface area contributed by atoms with Gasteiger partial charge in [0.05, 0.1) is 11.4 Å². The van der Waals surface area contributed by atoms with Gasteiger partial charge in [-0.2, -0.15) is 5.10 Å². The van der Waals surface area contributed by atoms with Crippen LogP contribution in [0.15, 0.2) is 53.6 Å². The second-order valence-corrected chi connectivity index (χ2v) is 4.55. The normalized spacial score (nSPS) is 15.8. The lowest BCUT2D eigenvalue weighted by molar-refractivity contribution is 0.514.